The molecule has 5 nitrogen and oxygen atoms in total. The summed E-state index contributed by atoms with van der Waals surface area (Å²) in [5.41, 5.74) is 0.874. The molecule has 1 aromatic rings. The molecule has 4 rings (SSSR count). The number of hydrogen-bond acceptors (Lipinski definition) is 4. The normalized spacial score (nSPS) is 29.3. The van der Waals surface area contributed by atoms with Crippen LogP contribution in [0.5, 0.6) is 5.75 Å². The van der Waals surface area contributed by atoms with Crippen LogP contribution in [0.4, 0.5) is 0 Å². The van der Waals surface area contributed by atoms with Crippen molar-refractivity contribution in [1.82, 2.24) is 9.80 Å². The summed E-state index contributed by atoms with van der Waals surface area (Å²) < 4.78 is 12.2. The summed E-state index contributed by atoms with van der Waals surface area (Å²) in [6.07, 6.45) is 4.27. The maximum absolute atomic E-state index is 12.8. The van der Waals surface area contributed by atoms with Gasteiger partial charge in [-0.25, -0.2) is 0 Å². The quantitative estimate of drug-likeness (QED) is 0.800. The Labute approximate surface area is 162 Å². The topological polar surface area (TPSA) is 42.0 Å². The molecule has 0 aromatic heterocycles. The Hall–Kier alpha value is -1.59. The van der Waals surface area contributed by atoms with Crippen molar-refractivity contribution in [2.24, 2.45) is 5.92 Å². The molecule has 1 saturated heterocycles. The second kappa shape index (κ2) is 7.80. The van der Waals surface area contributed by atoms with Gasteiger partial charge in [0.25, 0.3) is 0 Å². The van der Waals surface area contributed by atoms with Crippen LogP contribution in [0, 0.1) is 5.92 Å². The average Bonchev–Trinajstić information content (AvgIpc) is 2.85. The molecule has 2 aliphatic heterocycles. The van der Waals surface area contributed by atoms with Crippen molar-refractivity contribution >= 4 is 5.91 Å². The minimum Gasteiger partial charge on any atom is -0.485 e. The van der Waals surface area contributed by atoms with Gasteiger partial charge in [0.05, 0.1) is 19.8 Å². The fourth-order valence-corrected chi connectivity index (χ4v) is 4.83. The third-order valence-electron chi connectivity index (χ3n) is 6.37. The highest BCUT2D eigenvalue weighted by Crippen LogP contribution is 2.39. The lowest BCUT2D eigenvalue weighted by Gasteiger charge is -2.45. The number of morpholine rings is 1. The molecule has 0 atom stereocenters. The number of rotatable bonds is 2. The highest BCUT2D eigenvalue weighted by atomic mass is 16.5. The van der Waals surface area contributed by atoms with Crippen molar-refractivity contribution in [3.8, 4) is 5.75 Å². The van der Waals surface area contributed by atoms with Crippen molar-refractivity contribution in [2.45, 2.75) is 57.7 Å². The number of ether oxygens (including phenoxy) is 2. The summed E-state index contributed by atoms with van der Waals surface area (Å²) in [6, 6.07) is 8.85. The van der Waals surface area contributed by atoms with E-state index in [-0.39, 0.29) is 17.4 Å². The van der Waals surface area contributed by atoms with Gasteiger partial charge in [0.2, 0.25) is 5.91 Å². The zero-order valence-electron chi connectivity index (χ0n) is 16.7. The van der Waals surface area contributed by atoms with E-state index in [1.54, 1.807) is 0 Å². The monoisotopic (exact) mass is 372 g/mol. The second-order valence-electron chi connectivity index (χ2n) is 8.62. The zero-order chi connectivity index (χ0) is 18.9. The summed E-state index contributed by atoms with van der Waals surface area (Å²) in [7, 11) is 0. The summed E-state index contributed by atoms with van der Waals surface area (Å²) in [6.45, 7) is 9.11. The first-order chi connectivity index (χ1) is 13.1. The Morgan fingerprint density at radius 1 is 1.15 bits per heavy atom. The largest absolute Gasteiger partial charge is 0.485 e. The number of carbonyl (C=O) groups excluding carboxylic acids is 1. The summed E-state index contributed by atoms with van der Waals surface area (Å²) >= 11 is 0. The van der Waals surface area contributed by atoms with Gasteiger partial charge in [0.1, 0.15) is 11.4 Å². The van der Waals surface area contributed by atoms with E-state index in [0.29, 0.717) is 19.1 Å². The van der Waals surface area contributed by atoms with Crippen LogP contribution in [-0.2, 0) is 16.1 Å². The van der Waals surface area contributed by atoms with Crippen molar-refractivity contribution in [2.75, 3.05) is 32.8 Å². The average molecular weight is 373 g/mol. The Kier molecular flexibility index (Phi) is 5.42. The summed E-state index contributed by atoms with van der Waals surface area (Å²) in [4.78, 5) is 17.5. The second-order valence-corrected chi connectivity index (χ2v) is 8.62. The highest BCUT2D eigenvalue weighted by molar-refractivity contribution is 5.78. The smallest absolute Gasteiger partial charge is 0.225 e. The van der Waals surface area contributed by atoms with Crippen molar-refractivity contribution in [1.29, 1.82) is 0 Å². The number of para-hydroxylation sites is 1. The molecule has 27 heavy (non-hydrogen) atoms. The number of amides is 1. The van der Waals surface area contributed by atoms with E-state index < -0.39 is 0 Å². The molecule has 2 heterocycles. The van der Waals surface area contributed by atoms with E-state index in [9.17, 15) is 4.79 Å². The molecule has 0 radical (unpaired) electrons. The van der Waals surface area contributed by atoms with Crippen molar-refractivity contribution in [3.05, 3.63) is 29.8 Å². The standard InChI is InChI=1S/C22H32N2O3/c1-17(2)21(25)24-15-18-5-3-4-6-20(18)27-22(16-24)9-7-19(8-10-22)23-11-13-26-14-12-23/h3-6,17,19H,7-16H2,1-2H3. The number of fused-ring (bicyclic) bond motifs is 1. The lowest BCUT2D eigenvalue weighted by Crippen LogP contribution is -2.54. The molecule has 0 N–H and O–H groups in total. The van der Waals surface area contributed by atoms with Crippen LogP contribution in [0.25, 0.3) is 0 Å². The summed E-state index contributed by atoms with van der Waals surface area (Å²) in [5.74, 6) is 1.20. The van der Waals surface area contributed by atoms with Crippen LogP contribution in [0.1, 0.15) is 45.1 Å². The van der Waals surface area contributed by atoms with Crippen molar-refractivity contribution in [3.63, 3.8) is 0 Å². The van der Waals surface area contributed by atoms with Crippen LogP contribution in [-0.4, -0.2) is 60.2 Å². The third kappa shape index (κ3) is 3.99. The number of hydrogen-bond donors (Lipinski definition) is 0. The minimum absolute atomic E-state index is 0.0111. The zero-order valence-corrected chi connectivity index (χ0v) is 16.7. The number of nitrogens with zero attached hydrogens (tertiary/aromatic N) is 2. The molecule has 2 fully saturated rings. The van der Waals surface area contributed by atoms with Gasteiger partial charge in [-0.3, -0.25) is 9.69 Å². The van der Waals surface area contributed by atoms with E-state index in [2.05, 4.69) is 17.0 Å². The van der Waals surface area contributed by atoms with E-state index in [4.69, 9.17) is 9.47 Å². The van der Waals surface area contributed by atoms with Crippen LogP contribution >= 0.6 is 0 Å². The predicted octanol–water partition coefficient (Wildman–Crippen LogP) is 3.08. The van der Waals surface area contributed by atoms with E-state index in [1.807, 2.05) is 30.9 Å². The van der Waals surface area contributed by atoms with Crippen LogP contribution in [0.15, 0.2) is 24.3 Å². The van der Waals surface area contributed by atoms with Crippen molar-refractivity contribution < 1.29 is 14.3 Å². The maximum Gasteiger partial charge on any atom is 0.225 e. The fourth-order valence-electron chi connectivity index (χ4n) is 4.83. The molecule has 0 unspecified atom stereocenters. The highest BCUT2D eigenvalue weighted by Gasteiger charge is 2.43. The van der Waals surface area contributed by atoms with Gasteiger partial charge in [-0.1, -0.05) is 32.0 Å². The van der Waals surface area contributed by atoms with E-state index in [0.717, 1.165) is 63.3 Å². The first-order valence-electron chi connectivity index (χ1n) is 10.4. The summed E-state index contributed by atoms with van der Waals surface area (Å²) in [5, 5.41) is 0. The van der Waals surface area contributed by atoms with Gasteiger partial charge < -0.3 is 14.4 Å². The molecular weight excluding hydrogens is 340 g/mol. The molecule has 1 saturated carbocycles. The maximum atomic E-state index is 12.8. The Morgan fingerprint density at radius 3 is 2.56 bits per heavy atom. The molecule has 0 bridgehead atoms. The van der Waals surface area contributed by atoms with Gasteiger partial charge in [0, 0.05) is 37.2 Å². The third-order valence-corrected chi connectivity index (χ3v) is 6.37. The number of carbonyl (C=O) groups is 1. The van der Waals surface area contributed by atoms with Gasteiger partial charge >= 0.3 is 0 Å². The van der Waals surface area contributed by atoms with E-state index >= 15 is 0 Å². The Balaban J connectivity index is 1.53. The van der Waals surface area contributed by atoms with Gasteiger partial charge in [0.15, 0.2) is 0 Å². The Bertz CT molecular complexity index is 661. The molecule has 148 valence electrons. The molecule has 1 aromatic carbocycles. The van der Waals surface area contributed by atoms with Gasteiger partial charge in [-0.2, -0.15) is 0 Å². The molecule has 3 aliphatic rings. The molecular formula is C22H32N2O3. The SMILES string of the molecule is CC(C)C(=O)N1Cc2ccccc2OC2(CCC(N3CCOCC3)CC2)C1. The molecule has 5 heteroatoms. The first kappa shape index (κ1) is 18.8. The number of benzene rings is 1. The van der Waals surface area contributed by atoms with Crippen LogP contribution < -0.4 is 4.74 Å². The lowest BCUT2D eigenvalue weighted by atomic mass is 9.80. The van der Waals surface area contributed by atoms with Gasteiger partial charge in [-0.15, -0.1) is 0 Å². The molecule has 1 aliphatic carbocycles. The molecule has 1 amide bonds. The predicted molar refractivity (Wildman–Crippen MR) is 105 cm³/mol. The van der Waals surface area contributed by atoms with Crippen LogP contribution in [0.3, 0.4) is 0 Å². The first-order valence-corrected chi connectivity index (χ1v) is 10.4. The van der Waals surface area contributed by atoms with Crippen LogP contribution in [0.2, 0.25) is 0 Å². The molecule has 1 spiro atoms. The van der Waals surface area contributed by atoms with E-state index in [1.165, 1.54) is 0 Å². The van der Waals surface area contributed by atoms with Gasteiger partial charge in [-0.05, 0) is 31.7 Å². The fraction of sp³-hybridized carbons (Fsp3) is 0.682. The minimum atomic E-state index is -0.250. The lowest BCUT2D eigenvalue weighted by molar-refractivity contribution is -0.138. The Morgan fingerprint density at radius 2 is 1.85 bits per heavy atom.